The molecule has 6 heteroatoms. The Balaban J connectivity index is 0.000000845. The molecule has 0 aliphatic heterocycles. The van der Waals surface area contributed by atoms with E-state index >= 15 is 0 Å². The van der Waals surface area contributed by atoms with E-state index in [0.29, 0.717) is 0 Å². The number of fused-ring (bicyclic) bond motifs is 1. The van der Waals surface area contributed by atoms with Gasteiger partial charge in [0.15, 0.2) is 0 Å². The molecule has 2 rings (SSSR count). The molecule has 1 heterocycles. The van der Waals surface area contributed by atoms with Crippen LogP contribution in [0.1, 0.15) is 0 Å². The van der Waals surface area contributed by atoms with Crippen LogP contribution in [-0.4, -0.2) is 9.30 Å². The van der Waals surface area contributed by atoms with Crippen molar-refractivity contribution >= 4 is 27.3 Å². The second-order valence-electron chi connectivity index (χ2n) is 2.31. The van der Waals surface area contributed by atoms with Crippen molar-refractivity contribution in [3.05, 3.63) is 34.5 Å². The normalized spacial score (nSPS) is 9.54. The molecule has 0 radical (unpaired) electrons. The van der Waals surface area contributed by atoms with E-state index in [2.05, 4.69) is 4.37 Å². The largest absolute Gasteiger partial charge is 0.344 e. The van der Waals surface area contributed by atoms with E-state index in [4.69, 9.17) is 0 Å². The standard InChI is InChI=1S/C7H4N2O2S.H3N/c10-9(11)6-1-2-7-5(3-6)4-8-12-7;/h1-4H;1H3. The van der Waals surface area contributed by atoms with Crippen molar-refractivity contribution in [3.63, 3.8) is 0 Å². The third kappa shape index (κ3) is 1.63. The van der Waals surface area contributed by atoms with E-state index in [1.54, 1.807) is 12.3 Å². The molecule has 0 bridgehead atoms. The van der Waals surface area contributed by atoms with Crippen LogP contribution in [0, 0.1) is 10.1 Å². The van der Waals surface area contributed by atoms with Crippen molar-refractivity contribution in [2.24, 2.45) is 0 Å². The number of hydrogen-bond donors (Lipinski definition) is 1. The minimum absolute atomic E-state index is 0. The predicted octanol–water partition coefficient (Wildman–Crippen LogP) is 2.37. The Hall–Kier alpha value is -1.53. The molecule has 5 nitrogen and oxygen atoms in total. The van der Waals surface area contributed by atoms with Gasteiger partial charge in [-0.1, -0.05) is 0 Å². The first-order chi connectivity index (χ1) is 5.77. The van der Waals surface area contributed by atoms with E-state index in [0.717, 1.165) is 10.1 Å². The molecule has 0 unspecified atom stereocenters. The monoisotopic (exact) mass is 197 g/mol. The zero-order valence-corrected chi connectivity index (χ0v) is 7.45. The van der Waals surface area contributed by atoms with Crippen molar-refractivity contribution in [1.82, 2.24) is 10.5 Å². The second-order valence-corrected chi connectivity index (χ2v) is 3.14. The maximum Gasteiger partial charge on any atom is 0.270 e. The molecule has 0 atom stereocenters. The zero-order chi connectivity index (χ0) is 8.55. The van der Waals surface area contributed by atoms with E-state index in [1.165, 1.54) is 23.7 Å². The summed E-state index contributed by atoms with van der Waals surface area (Å²) in [6, 6.07) is 4.73. The summed E-state index contributed by atoms with van der Waals surface area (Å²) >= 11 is 1.34. The Labute approximate surface area is 77.9 Å². The maximum absolute atomic E-state index is 10.4. The fraction of sp³-hybridized carbons (Fsp3) is 0. The number of aromatic nitrogens is 1. The fourth-order valence-electron chi connectivity index (χ4n) is 0.973. The first-order valence-corrected chi connectivity index (χ1v) is 4.03. The molecule has 1 aromatic carbocycles. The summed E-state index contributed by atoms with van der Waals surface area (Å²) in [5.41, 5.74) is 0.114. The molecular formula is C7H7N3O2S. The van der Waals surface area contributed by atoms with Crippen LogP contribution < -0.4 is 6.15 Å². The summed E-state index contributed by atoms with van der Waals surface area (Å²) in [6.45, 7) is 0. The summed E-state index contributed by atoms with van der Waals surface area (Å²) in [4.78, 5) is 9.95. The summed E-state index contributed by atoms with van der Waals surface area (Å²) in [7, 11) is 0. The van der Waals surface area contributed by atoms with Crippen LogP contribution in [0.15, 0.2) is 24.4 Å². The molecule has 0 saturated carbocycles. The highest BCUT2D eigenvalue weighted by Gasteiger charge is 2.06. The highest BCUT2D eigenvalue weighted by molar-refractivity contribution is 7.13. The quantitative estimate of drug-likeness (QED) is 0.561. The fourth-order valence-corrected chi connectivity index (χ4v) is 1.60. The van der Waals surface area contributed by atoms with Gasteiger partial charge in [-0.15, -0.1) is 0 Å². The topological polar surface area (TPSA) is 91.0 Å². The lowest BCUT2D eigenvalue weighted by atomic mass is 10.2. The van der Waals surface area contributed by atoms with Gasteiger partial charge in [0.1, 0.15) is 0 Å². The summed E-state index contributed by atoms with van der Waals surface area (Å²) in [5, 5.41) is 11.2. The van der Waals surface area contributed by atoms with Crippen LogP contribution in [0.5, 0.6) is 0 Å². The van der Waals surface area contributed by atoms with Crippen molar-refractivity contribution < 1.29 is 4.92 Å². The second kappa shape index (κ2) is 3.46. The Morgan fingerprint density at radius 3 is 2.92 bits per heavy atom. The lowest BCUT2D eigenvalue weighted by Gasteiger charge is -1.89. The van der Waals surface area contributed by atoms with Crippen LogP contribution in [0.3, 0.4) is 0 Å². The molecule has 3 N–H and O–H groups in total. The average Bonchev–Trinajstić information content (AvgIpc) is 2.49. The number of rotatable bonds is 1. The number of nitrogens with zero attached hydrogens (tertiary/aromatic N) is 2. The van der Waals surface area contributed by atoms with Crippen molar-refractivity contribution in [2.45, 2.75) is 0 Å². The molecule has 13 heavy (non-hydrogen) atoms. The SMILES string of the molecule is N.O=[N+]([O-])c1ccc2sncc2c1. The van der Waals surface area contributed by atoms with Crippen LogP contribution in [0.4, 0.5) is 5.69 Å². The van der Waals surface area contributed by atoms with Crippen molar-refractivity contribution in [1.29, 1.82) is 0 Å². The van der Waals surface area contributed by atoms with Gasteiger partial charge in [0.25, 0.3) is 5.69 Å². The molecule has 0 aliphatic carbocycles. The van der Waals surface area contributed by atoms with Gasteiger partial charge in [-0.05, 0) is 17.6 Å². The number of nitro groups is 1. The summed E-state index contributed by atoms with van der Waals surface area (Å²) in [5.74, 6) is 0. The van der Waals surface area contributed by atoms with E-state index in [-0.39, 0.29) is 11.8 Å². The van der Waals surface area contributed by atoms with Gasteiger partial charge in [-0.3, -0.25) is 10.1 Å². The molecule has 68 valence electrons. The first kappa shape index (κ1) is 9.56. The molecule has 0 spiro atoms. The molecule has 2 aromatic rings. The molecule has 0 saturated heterocycles. The molecule has 0 amide bonds. The molecule has 1 aromatic heterocycles. The lowest BCUT2D eigenvalue weighted by molar-refractivity contribution is -0.384. The summed E-state index contributed by atoms with van der Waals surface area (Å²) < 4.78 is 4.89. The Morgan fingerprint density at radius 1 is 1.46 bits per heavy atom. The van der Waals surface area contributed by atoms with Gasteiger partial charge >= 0.3 is 0 Å². The van der Waals surface area contributed by atoms with E-state index < -0.39 is 4.92 Å². The van der Waals surface area contributed by atoms with Crippen LogP contribution >= 0.6 is 11.5 Å². The van der Waals surface area contributed by atoms with Gasteiger partial charge < -0.3 is 6.15 Å². The lowest BCUT2D eigenvalue weighted by Crippen LogP contribution is -1.85. The average molecular weight is 197 g/mol. The van der Waals surface area contributed by atoms with Gasteiger partial charge in [-0.2, -0.15) is 4.37 Å². The Kier molecular flexibility index (Phi) is 2.54. The number of nitro benzene ring substituents is 1. The molecular weight excluding hydrogens is 190 g/mol. The molecule has 0 aliphatic rings. The number of non-ortho nitro benzene ring substituents is 1. The smallest absolute Gasteiger partial charge is 0.270 e. The predicted molar refractivity (Wildman–Crippen MR) is 51.3 cm³/mol. The van der Waals surface area contributed by atoms with Crippen LogP contribution in [0.25, 0.3) is 10.1 Å². The van der Waals surface area contributed by atoms with Crippen molar-refractivity contribution in [3.8, 4) is 0 Å². The third-order valence-corrected chi connectivity index (χ3v) is 2.33. The highest BCUT2D eigenvalue weighted by Crippen LogP contribution is 2.22. The van der Waals surface area contributed by atoms with Crippen LogP contribution in [-0.2, 0) is 0 Å². The Morgan fingerprint density at radius 2 is 2.23 bits per heavy atom. The summed E-state index contributed by atoms with van der Waals surface area (Å²) in [6.07, 6.45) is 1.63. The maximum atomic E-state index is 10.4. The molecule has 0 fully saturated rings. The van der Waals surface area contributed by atoms with Gasteiger partial charge in [-0.25, -0.2) is 0 Å². The third-order valence-electron chi connectivity index (χ3n) is 1.55. The van der Waals surface area contributed by atoms with Gasteiger partial charge in [0, 0.05) is 23.7 Å². The zero-order valence-electron chi connectivity index (χ0n) is 6.64. The highest BCUT2D eigenvalue weighted by atomic mass is 32.1. The Bertz CT molecular complexity index is 440. The minimum atomic E-state index is -0.406. The van der Waals surface area contributed by atoms with Crippen LogP contribution in [0.2, 0.25) is 0 Å². The number of hydrogen-bond acceptors (Lipinski definition) is 5. The first-order valence-electron chi connectivity index (χ1n) is 3.26. The van der Waals surface area contributed by atoms with Gasteiger partial charge in [0.05, 0.1) is 9.62 Å². The minimum Gasteiger partial charge on any atom is -0.344 e. The number of benzene rings is 1. The van der Waals surface area contributed by atoms with E-state index in [9.17, 15) is 10.1 Å². The van der Waals surface area contributed by atoms with E-state index in [1.807, 2.05) is 0 Å². The van der Waals surface area contributed by atoms with Gasteiger partial charge in [0.2, 0.25) is 0 Å². The van der Waals surface area contributed by atoms with Crippen molar-refractivity contribution in [2.75, 3.05) is 0 Å².